The second kappa shape index (κ2) is 6.31. The predicted octanol–water partition coefficient (Wildman–Crippen LogP) is 4.24. The molecular weight excluding hydrogens is 260 g/mol. The first kappa shape index (κ1) is 14.2. The van der Waals surface area contributed by atoms with Gasteiger partial charge in [0.1, 0.15) is 5.75 Å². The van der Waals surface area contributed by atoms with Gasteiger partial charge >= 0.3 is 0 Å². The van der Waals surface area contributed by atoms with Crippen LogP contribution in [0.5, 0.6) is 5.75 Å². The smallest absolute Gasteiger partial charge is 0.128 e. The van der Waals surface area contributed by atoms with E-state index in [-0.39, 0.29) is 0 Å². The molecular formula is C19H22O2. The Morgan fingerprint density at radius 3 is 2.71 bits per heavy atom. The molecule has 1 heterocycles. The Balaban J connectivity index is 1.78. The number of hydrogen-bond donors (Lipinski definition) is 1. The van der Waals surface area contributed by atoms with Crippen LogP contribution >= 0.6 is 0 Å². The maximum absolute atomic E-state index is 10.6. The normalized spacial score (nSPS) is 16.7. The summed E-state index contributed by atoms with van der Waals surface area (Å²) in [5.74, 6) is 1.23. The number of aliphatic hydroxyl groups excluding tert-OH is 1. The molecule has 1 aliphatic rings. The zero-order valence-corrected chi connectivity index (χ0v) is 12.5. The lowest BCUT2D eigenvalue weighted by molar-refractivity contribution is 0.152. The van der Waals surface area contributed by atoms with Crippen molar-refractivity contribution in [2.24, 2.45) is 0 Å². The molecule has 0 saturated carbocycles. The van der Waals surface area contributed by atoms with Crippen molar-refractivity contribution in [3.05, 3.63) is 65.2 Å². The third-order valence-corrected chi connectivity index (χ3v) is 4.27. The summed E-state index contributed by atoms with van der Waals surface area (Å²) in [5, 5.41) is 10.6. The van der Waals surface area contributed by atoms with E-state index in [1.807, 2.05) is 30.3 Å². The lowest BCUT2D eigenvalue weighted by Gasteiger charge is -2.24. The standard InChI is InChI=1S/C19H22O2/c1-14(15-7-3-2-4-8-15)13-18(20)17-11-5-9-16-10-6-12-21-19(16)17/h2-5,7-9,11,14,18,20H,6,10,12-13H2,1H3. The van der Waals surface area contributed by atoms with Crippen molar-refractivity contribution in [2.75, 3.05) is 6.61 Å². The summed E-state index contributed by atoms with van der Waals surface area (Å²) in [6.07, 6.45) is 2.34. The van der Waals surface area contributed by atoms with E-state index in [2.05, 4.69) is 25.1 Å². The first-order chi connectivity index (χ1) is 10.3. The van der Waals surface area contributed by atoms with Crippen LogP contribution in [-0.2, 0) is 6.42 Å². The molecule has 2 atom stereocenters. The van der Waals surface area contributed by atoms with Crippen LogP contribution in [0.15, 0.2) is 48.5 Å². The molecule has 0 bridgehead atoms. The summed E-state index contributed by atoms with van der Waals surface area (Å²) in [7, 11) is 0. The first-order valence-electron chi connectivity index (χ1n) is 7.73. The van der Waals surface area contributed by atoms with E-state index in [0.717, 1.165) is 30.8 Å². The van der Waals surface area contributed by atoms with Crippen molar-refractivity contribution in [2.45, 2.75) is 38.2 Å². The zero-order valence-electron chi connectivity index (χ0n) is 12.5. The van der Waals surface area contributed by atoms with Gasteiger partial charge in [0.15, 0.2) is 0 Å². The zero-order chi connectivity index (χ0) is 14.7. The van der Waals surface area contributed by atoms with Gasteiger partial charge in [-0.05, 0) is 36.3 Å². The molecule has 0 aromatic heterocycles. The van der Waals surface area contributed by atoms with Crippen LogP contribution in [0.25, 0.3) is 0 Å². The van der Waals surface area contributed by atoms with Gasteiger partial charge < -0.3 is 9.84 Å². The van der Waals surface area contributed by atoms with E-state index >= 15 is 0 Å². The fourth-order valence-electron chi connectivity index (χ4n) is 3.06. The van der Waals surface area contributed by atoms with Crippen LogP contribution in [0, 0.1) is 0 Å². The minimum Gasteiger partial charge on any atom is -0.493 e. The van der Waals surface area contributed by atoms with Gasteiger partial charge in [-0.2, -0.15) is 0 Å². The maximum atomic E-state index is 10.6. The SMILES string of the molecule is CC(CC(O)c1cccc2c1OCCC2)c1ccccc1. The monoisotopic (exact) mass is 282 g/mol. The van der Waals surface area contributed by atoms with Gasteiger partial charge in [-0.1, -0.05) is 55.5 Å². The largest absolute Gasteiger partial charge is 0.493 e. The van der Waals surface area contributed by atoms with Gasteiger partial charge in [-0.3, -0.25) is 0 Å². The molecule has 1 aliphatic heterocycles. The molecule has 3 rings (SSSR count). The first-order valence-corrected chi connectivity index (χ1v) is 7.73. The second-order valence-corrected chi connectivity index (χ2v) is 5.85. The number of aryl methyl sites for hydroxylation is 1. The Morgan fingerprint density at radius 2 is 1.90 bits per heavy atom. The highest BCUT2D eigenvalue weighted by Crippen LogP contribution is 2.36. The van der Waals surface area contributed by atoms with Crippen molar-refractivity contribution in [3.8, 4) is 5.75 Å². The highest BCUT2D eigenvalue weighted by molar-refractivity contribution is 5.44. The van der Waals surface area contributed by atoms with E-state index in [1.54, 1.807) is 0 Å². The molecule has 0 fully saturated rings. The van der Waals surface area contributed by atoms with Gasteiger partial charge in [-0.15, -0.1) is 0 Å². The Labute approximate surface area is 126 Å². The molecule has 0 radical (unpaired) electrons. The molecule has 2 nitrogen and oxygen atoms in total. The number of para-hydroxylation sites is 1. The molecule has 21 heavy (non-hydrogen) atoms. The second-order valence-electron chi connectivity index (χ2n) is 5.85. The van der Waals surface area contributed by atoms with Crippen LogP contribution in [0.2, 0.25) is 0 Å². The lowest BCUT2D eigenvalue weighted by Crippen LogP contribution is -2.13. The molecule has 110 valence electrons. The fourth-order valence-corrected chi connectivity index (χ4v) is 3.06. The molecule has 0 saturated heterocycles. The number of benzene rings is 2. The van der Waals surface area contributed by atoms with E-state index < -0.39 is 6.10 Å². The third kappa shape index (κ3) is 3.11. The number of aliphatic hydroxyl groups is 1. The predicted molar refractivity (Wildman–Crippen MR) is 84.7 cm³/mol. The average molecular weight is 282 g/mol. The van der Waals surface area contributed by atoms with Gasteiger partial charge in [0.2, 0.25) is 0 Å². The van der Waals surface area contributed by atoms with E-state index in [4.69, 9.17) is 4.74 Å². The quantitative estimate of drug-likeness (QED) is 0.909. The summed E-state index contributed by atoms with van der Waals surface area (Å²) >= 11 is 0. The van der Waals surface area contributed by atoms with Crippen molar-refractivity contribution in [3.63, 3.8) is 0 Å². The van der Waals surface area contributed by atoms with Gasteiger partial charge in [0, 0.05) is 5.56 Å². The Bertz CT molecular complexity index is 592. The van der Waals surface area contributed by atoms with Crippen LogP contribution in [0.1, 0.15) is 48.5 Å². The Morgan fingerprint density at radius 1 is 1.10 bits per heavy atom. The van der Waals surface area contributed by atoms with E-state index in [1.165, 1.54) is 11.1 Å². The summed E-state index contributed by atoms with van der Waals surface area (Å²) in [4.78, 5) is 0. The summed E-state index contributed by atoms with van der Waals surface area (Å²) in [6, 6.07) is 16.5. The molecule has 0 aliphatic carbocycles. The van der Waals surface area contributed by atoms with Crippen molar-refractivity contribution in [1.29, 1.82) is 0 Å². The molecule has 0 amide bonds. The van der Waals surface area contributed by atoms with Crippen LogP contribution in [0.3, 0.4) is 0 Å². The van der Waals surface area contributed by atoms with Crippen molar-refractivity contribution < 1.29 is 9.84 Å². The minimum absolute atomic E-state index is 0.320. The summed E-state index contributed by atoms with van der Waals surface area (Å²) in [6.45, 7) is 2.92. The summed E-state index contributed by atoms with van der Waals surface area (Å²) in [5.41, 5.74) is 3.43. The Hall–Kier alpha value is -1.80. The van der Waals surface area contributed by atoms with Crippen molar-refractivity contribution in [1.82, 2.24) is 0 Å². The van der Waals surface area contributed by atoms with E-state index in [0.29, 0.717) is 12.3 Å². The highest BCUT2D eigenvalue weighted by Gasteiger charge is 2.21. The minimum atomic E-state index is -0.478. The third-order valence-electron chi connectivity index (χ3n) is 4.27. The molecule has 1 N–H and O–H groups in total. The van der Waals surface area contributed by atoms with Gasteiger partial charge in [-0.25, -0.2) is 0 Å². The Kier molecular flexibility index (Phi) is 4.26. The lowest BCUT2D eigenvalue weighted by atomic mass is 9.90. The number of ether oxygens (including phenoxy) is 1. The van der Waals surface area contributed by atoms with Crippen molar-refractivity contribution >= 4 is 0 Å². The number of rotatable bonds is 4. The number of fused-ring (bicyclic) bond motifs is 1. The molecule has 2 heteroatoms. The van der Waals surface area contributed by atoms with Gasteiger partial charge in [0.25, 0.3) is 0 Å². The molecule has 0 spiro atoms. The van der Waals surface area contributed by atoms with E-state index in [9.17, 15) is 5.11 Å². The summed E-state index contributed by atoms with van der Waals surface area (Å²) < 4.78 is 5.80. The van der Waals surface area contributed by atoms with Crippen LogP contribution < -0.4 is 4.74 Å². The highest BCUT2D eigenvalue weighted by atomic mass is 16.5. The topological polar surface area (TPSA) is 29.5 Å². The molecule has 2 aromatic carbocycles. The van der Waals surface area contributed by atoms with Crippen LogP contribution in [-0.4, -0.2) is 11.7 Å². The van der Waals surface area contributed by atoms with Gasteiger partial charge in [0.05, 0.1) is 12.7 Å². The number of hydrogen-bond acceptors (Lipinski definition) is 2. The molecule has 2 aromatic rings. The average Bonchev–Trinajstić information content (AvgIpc) is 2.55. The fraction of sp³-hybridized carbons (Fsp3) is 0.368. The molecule has 2 unspecified atom stereocenters. The van der Waals surface area contributed by atoms with Crippen LogP contribution in [0.4, 0.5) is 0 Å². The maximum Gasteiger partial charge on any atom is 0.128 e.